The summed E-state index contributed by atoms with van der Waals surface area (Å²) >= 11 is 6.21. The highest BCUT2D eigenvalue weighted by atomic mass is 35.5. The summed E-state index contributed by atoms with van der Waals surface area (Å²) in [5.41, 5.74) is 0.0412. The summed E-state index contributed by atoms with van der Waals surface area (Å²) < 4.78 is 68.1. The normalized spacial score (nSPS) is 19.4. The van der Waals surface area contributed by atoms with Gasteiger partial charge >= 0.3 is 6.18 Å². The summed E-state index contributed by atoms with van der Waals surface area (Å²) in [7, 11) is 0. The first-order valence-electron chi connectivity index (χ1n) is 13.9. The number of anilines is 2. The summed E-state index contributed by atoms with van der Waals surface area (Å²) in [6, 6.07) is 6.05. The van der Waals surface area contributed by atoms with Crippen molar-refractivity contribution in [3.05, 3.63) is 58.1 Å². The van der Waals surface area contributed by atoms with Crippen LogP contribution in [0.25, 0.3) is 0 Å². The predicted molar refractivity (Wildman–Crippen MR) is 152 cm³/mol. The van der Waals surface area contributed by atoms with E-state index in [2.05, 4.69) is 10.6 Å². The van der Waals surface area contributed by atoms with Crippen molar-refractivity contribution in [3.63, 3.8) is 0 Å². The number of benzene rings is 2. The molecule has 2 heterocycles. The van der Waals surface area contributed by atoms with Crippen molar-refractivity contribution in [1.82, 2.24) is 15.1 Å². The van der Waals surface area contributed by atoms with E-state index in [1.165, 1.54) is 30.0 Å². The minimum atomic E-state index is -4.25. The largest absolute Gasteiger partial charge is 0.390 e. The van der Waals surface area contributed by atoms with Crippen molar-refractivity contribution in [2.75, 3.05) is 42.9 Å². The maximum atomic E-state index is 15.1. The number of likely N-dealkylation sites (tertiary alicyclic amines) is 1. The highest BCUT2D eigenvalue weighted by Gasteiger charge is 2.33. The molecule has 0 radical (unpaired) electrons. The number of nitrogens with one attached hydrogen (secondary N) is 2. The lowest BCUT2D eigenvalue weighted by Gasteiger charge is -2.42. The SMILES string of the molecule is CC(=O)N1CCCC1C(=O)NCc1ccc(C(=O)Nc2ccc(Cl)cc2N2CCN(CCC(F)(F)F)C[C@H]2C)c(F)c1F. The Morgan fingerprint density at radius 3 is 2.47 bits per heavy atom. The van der Waals surface area contributed by atoms with E-state index in [4.69, 9.17) is 11.6 Å². The van der Waals surface area contributed by atoms with Gasteiger partial charge < -0.3 is 20.4 Å². The molecule has 4 rings (SSSR count). The van der Waals surface area contributed by atoms with Crippen LogP contribution in [0.3, 0.4) is 0 Å². The molecule has 43 heavy (non-hydrogen) atoms. The molecule has 2 N–H and O–H groups in total. The number of carbonyl (C=O) groups excluding carboxylic acids is 3. The van der Waals surface area contributed by atoms with Gasteiger partial charge in [0.1, 0.15) is 6.04 Å². The summed E-state index contributed by atoms with van der Waals surface area (Å²) in [5.74, 6) is -4.32. The Hall–Kier alpha value is -3.45. The number of amides is 3. The Kier molecular flexibility index (Phi) is 10.2. The highest BCUT2D eigenvalue weighted by Crippen LogP contribution is 2.33. The lowest BCUT2D eigenvalue weighted by molar-refractivity contribution is -0.138. The number of carbonyl (C=O) groups is 3. The van der Waals surface area contributed by atoms with Crippen LogP contribution in [0.1, 0.15) is 49.0 Å². The molecule has 8 nitrogen and oxygen atoms in total. The van der Waals surface area contributed by atoms with Crippen molar-refractivity contribution in [3.8, 4) is 0 Å². The molecule has 0 saturated carbocycles. The van der Waals surface area contributed by atoms with Gasteiger partial charge in [-0.3, -0.25) is 19.3 Å². The molecule has 1 unspecified atom stereocenters. The van der Waals surface area contributed by atoms with Crippen LogP contribution in [0.15, 0.2) is 30.3 Å². The molecular weight excluding hydrogens is 597 g/mol. The van der Waals surface area contributed by atoms with Gasteiger partial charge in [0.15, 0.2) is 11.6 Å². The number of alkyl halides is 3. The van der Waals surface area contributed by atoms with Gasteiger partial charge in [-0.15, -0.1) is 0 Å². The third kappa shape index (κ3) is 7.94. The van der Waals surface area contributed by atoms with Crippen LogP contribution in [0.5, 0.6) is 0 Å². The van der Waals surface area contributed by atoms with E-state index >= 15 is 4.39 Å². The zero-order chi connectivity index (χ0) is 31.5. The molecule has 3 amide bonds. The molecule has 2 aromatic rings. The first-order chi connectivity index (χ1) is 20.2. The fourth-order valence-electron chi connectivity index (χ4n) is 5.53. The van der Waals surface area contributed by atoms with Crippen molar-refractivity contribution in [1.29, 1.82) is 0 Å². The zero-order valence-electron chi connectivity index (χ0n) is 23.7. The van der Waals surface area contributed by atoms with Crippen LogP contribution in [0.4, 0.5) is 33.3 Å². The second-order valence-electron chi connectivity index (χ2n) is 10.8. The average molecular weight is 630 g/mol. The topological polar surface area (TPSA) is 85.0 Å². The van der Waals surface area contributed by atoms with Crippen LogP contribution in [0.2, 0.25) is 5.02 Å². The van der Waals surface area contributed by atoms with Crippen LogP contribution >= 0.6 is 11.6 Å². The van der Waals surface area contributed by atoms with E-state index in [1.807, 2.05) is 11.8 Å². The van der Waals surface area contributed by atoms with Gasteiger partial charge in [0, 0.05) is 62.8 Å². The minimum absolute atomic E-state index is 0.122. The maximum Gasteiger partial charge on any atom is 0.390 e. The Labute approximate surface area is 251 Å². The molecule has 0 bridgehead atoms. The molecule has 2 aliphatic heterocycles. The number of hydrogen-bond donors (Lipinski definition) is 2. The quantitative estimate of drug-likeness (QED) is 0.404. The molecule has 14 heteroatoms. The monoisotopic (exact) mass is 629 g/mol. The molecule has 234 valence electrons. The fourth-order valence-corrected chi connectivity index (χ4v) is 5.70. The molecule has 2 aliphatic rings. The van der Waals surface area contributed by atoms with Gasteiger partial charge in [0.25, 0.3) is 5.91 Å². The first kappa shape index (κ1) is 32.5. The number of rotatable bonds is 8. The van der Waals surface area contributed by atoms with Crippen LogP contribution in [-0.2, 0) is 16.1 Å². The van der Waals surface area contributed by atoms with E-state index in [-0.39, 0.29) is 36.3 Å². The zero-order valence-corrected chi connectivity index (χ0v) is 24.5. The molecule has 2 fully saturated rings. The van der Waals surface area contributed by atoms with Gasteiger partial charge in [-0.1, -0.05) is 17.7 Å². The maximum absolute atomic E-state index is 15.1. The van der Waals surface area contributed by atoms with Crippen molar-refractivity contribution < 1.29 is 36.3 Å². The minimum Gasteiger partial charge on any atom is -0.365 e. The predicted octanol–water partition coefficient (Wildman–Crippen LogP) is 4.96. The highest BCUT2D eigenvalue weighted by molar-refractivity contribution is 6.31. The van der Waals surface area contributed by atoms with Gasteiger partial charge in [-0.25, -0.2) is 8.78 Å². The van der Waals surface area contributed by atoms with Crippen LogP contribution in [0, 0.1) is 11.6 Å². The molecule has 0 aliphatic carbocycles. The Morgan fingerprint density at radius 2 is 1.79 bits per heavy atom. The van der Waals surface area contributed by atoms with Gasteiger partial charge in [0.2, 0.25) is 11.8 Å². The standard InChI is InChI=1S/C29H33ClF5N5O3/c1-17-16-38(11-9-29(33,34)35)12-13-39(17)24-14-20(30)6-8-22(24)37-27(42)21-7-5-19(25(31)26(21)32)15-36-28(43)23-4-3-10-40(23)18(2)41/h5-8,14,17,23H,3-4,9-13,15-16H2,1-2H3,(H,36,43)(H,37,42)/t17-,23?/m1/s1. The smallest absolute Gasteiger partial charge is 0.365 e. The van der Waals surface area contributed by atoms with E-state index in [0.717, 1.165) is 6.07 Å². The number of halogens is 6. The van der Waals surface area contributed by atoms with Crippen molar-refractivity contribution in [2.45, 2.75) is 57.9 Å². The molecular formula is C29H33ClF5N5O3. The van der Waals surface area contributed by atoms with E-state index in [0.29, 0.717) is 49.7 Å². The third-order valence-electron chi connectivity index (χ3n) is 7.76. The molecule has 2 aromatic carbocycles. The second-order valence-corrected chi connectivity index (χ2v) is 11.2. The molecule has 0 aromatic heterocycles. The molecule has 2 saturated heterocycles. The molecule has 0 spiro atoms. The fraction of sp³-hybridized carbons (Fsp3) is 0.483. The lowest BCUT2D eigenvalue weighted by Crippen LogP contribution is -2.52. The lowest BCUT2D eigenvalue weighted by atomic mass is 10.1. The molecule has 2 atom stereocenters. The van der Waals surface area contributed by atoms with Gasteiger partial charge in [-0.2, -0.15) is 13.2 Å². The average Bonchev–Trinajstić information content (AvgIpc) is 3.44. The number of nitrogens with zero attached hydrogens (tertiary/aromatic N) is 3. The first-order valence-corrected chi connectivity index (χ1v) is 14.3. The summed E-state index contributed by atoms with van der Waals surface area (Å²) in [4.78, 5) is 42.4. The van der Waals surface area contributed by atoms with Crippen LogP contribution < -0.4 is 15.5 Å². The summed E-state index contributed by atoms with van der Waals surface area (Å²) in [5, 5.41) is 5.49. The Morgan fingerprint density at radius 1 is 1.05 bits per heavy atom. The number of hydrogen-bond acceptors (Lipinski definition) is 5. The van der Waals surface area contributed by atoms with Gasteiger partial charge in [-0.05, 0) is 44.0 Å². The van der Waals surface area contributed by atoms with Crippen LogP contribution in [-0.4, -0.2) is 78.5 Å². The summed E-state index contributed by atoms with van der Waals surface area (Å²) in [6.45, 7) is 4.25. The second kappa shape index (κ2) is 13.5. The van der Waals surface area contributed by atoms with Gasteiger partial charge in [0.05, 0.1) is 23.4 Å². The van der Waals surface area contributed by atoms with Crippen molar-refractivity contribution >= 4 is 40.7 Å². The third-order valence-corrected chi connectivity index (χ3v) is 8.00. The van der Waals surface area contributed by atoms with E-state index in [9.17, 15) is 31.9 Å². The van der Waals surface area contributed by atoms with E-state index < -0.39 is 47.7 Å². The Bertz CT molecular complexity index is 1370. The Balaban J connectivity index is 1.44. The summed E-state index contributed by atoms with van der Waals surface area (Å²) in [6.07, 6.45) is -4.03. The van der Waals surface area contributed by atoms with E-state index in [1.54, 1.807) is 11.0 Å². The van der Waals surface area contributed by atoms with Crippen molar-refractivity contribution in [2.24, 2.45) is 0 Å². The number of piperazine rings is 1.